The monoisotopic (exact) mass is 300 g/mol. The van der Waals surface area contributed by atoms with Gasteiger partial charge in [-0.05, 0) is 19.8 Å². The second-order valence-corrected chi connectivity index (χ2v) is 4.62. The molecule has 114 valence electrons. The summed E-state index contributed by atoms with van der Waals surface area (Å²) < 4.78 is 32.9. The molecule has 21 heavy (non-hydrogen) atoms. The number of non-ortho nitro benzene ring substituents is 1. The summed E-state index contributed by atoms with van der Waals surface area (Å²) in [6.45, 7) is 2.10. The zero-order chi connectivity index (χ0) is 15.6. The molecule has 0 aliphatic carbocycles. The summed E-state index contributed by atoms with van der Waals surface area (Å²) in [4.78, 5) is 22.8. The Labute approximate surface area is 119 Å². The van der Waals surface area contributed by atoms with Crippen LogP contribution in [0, 0.1) is 21.7 Å². The number of anilines is 1. The van der Waals surface area contributed by atoms with E-state index in [-0.39, 0.29) is 13.2 Å². The van der Waals surface area contributed by atoms with Gasteiger partial charge in [0.05, 0.1) is 23.7 Å². The lowest BCUT2D eigenvalue weighted by molar-refractivity contribution is -0.385. The summed E-state index contributed by atoms with van der Waals surface area (Å²) in [6, 6.07) is 0.535. The molecule has 0 amide bonds. The van der Waals surface area contributed by atoms with E-state index in [9.17, 15) is 23.7 Å². The second kappa shape index (κ2) is 6.02. The van der Waals surface area contributed by atoms with E-state index in [1.54, 1.807) is 6.92 Å². The smallest absolute Gasteiger partial charge is 0.328 e. The molecule has 2 rings (SSSR count). The fourth-order valence-corrected chi connectivity index (χ4v) is 2.45. The van der Waals surface area contributed by atoms with Gasteiger partial charge in [0, 0.05) is 6.54 Å². The van der Waals surface area contributed by atoms with Crippen molar-refractivity contribution in [2.24, 2.45) is 0 Å². The lowest BCUT2D eigenvalue weighted by atomic mass is 10.2. The van der Waals surface area contributed by atoms with E-state index < -0.39 is 39.9 Å². The standard InChI is InChI=1S/C13H14F2N2O4/c1-2-21-13(18)11-4-3-5-16(11)12-9(14)6-8(17(19)20)7-10(12)15/h6-7,11H,2-5H2,1H3. The van der Waals surface area contributed by atoms with Crippen LogP contribution in [0.1, 0.15) is 19.8 Å². The van der Waals surface area contributed by atoms with Crippen molar-refractivity contribution in [1.82, 2.24) is 0 Å². The molecule has 1 aliphatic rings. The number of halogens is 2. The van der Waals surface area contributed by atoms with Crippen LogP contribution in [0.2, 0.25) is 0 Å². The molecule has 8 heteroatoms. The van der Waals surface area contributed by atoms with Crippen LogP contribution < -0.4 is 4.90 Å². The Morgan fingerprint density at radius 1 is 1.48 bits per heavy atom. The van der Waals surface area contributed by atoms with Gasteiger partial charge >= 0.3 is 5.97 Å². The Morgan fingerprint density at radius 2 is 2.10 bits per heavy atom. The van der Waals surface area contributed by atoms with Crippen molar-refractivity contribution in [1.29, 1.82) is 0 Å². The van der Waals surface area contributed by atoms with Crippen LogP contribution in [0.5, 0.6) is 0 Å². The molecule has 1 unspecified atom stereocenters. The maximum Gasteiger partial charge on any atom is 0.328 e. The van der Waals surface area contributed by atoms with Crippen molar-refractivity contribution >= 4 is 17.3 Å². The van der Waals surface area contributed by atoms with Crippen molar-refractivity contribution in [2.45, 2.75) is 25.8 Å². The number of nitro groups is 1. The second-order valence-electron chi connectivity index (χ2n) is 4.62. The number of rotatable bonds is 4. The number of nitro benzene ring substituents is 1. The van der Waals surface area contributed by atoms with E-state index in [1.807, 2.05) is 0 Å². The van der Waals surface area contributed by atoms with Gasteiger partial charge < -0.3 is 9.64 Å². The highest BCUT2D eigenvalue weighted by Gasteiger charge is 2.35. The molecule has 6 nitrogen and oxygen atoms in total. The minimum atomic E-state index is -1.06. The van der Waals surface area contributed by atoms with Gasteiger partial charge in [-0.3, -0.25) is 10.1 Å². The molecule has 0 bridgehead atoms. The number of carbonyl (C=O) groups excluding carboxylic acids is 1. The van der Waals surface area contributed by atoms with E-state index in [1.165, 1.54) is 4.90 Å². The minimum absolute atomic E-state index is 0.175. The zero-order valence-electron chi connectivity index (χ0n) is 11.3. The maximum absolute atomic E-state index is 14.0. The van der Waals surface area contributed by atoms with E-state index in [0.29, 0.717) is 25.0 Å². The summed E-state index contributed by atoms with van der Waals surface area (Å²) in [7, 11) is 0. The van der Waals surface area contributed by atoms with E-state index in [0.717, 1.165) is 0 Å². The first-order valence-electron chi connectivity index (χ1n) is 6.52. The molecule has 1 fully saturated rings. The average molecular weight is 300 g/mol. The van der Waals surface area contributed by atoms with Crippen LogP contribution in [0.25, 0.3) is 0 Å². The summed E-state index contributed by atoms with van der Waals surface area (Å²) in [5.41, 5.74) is -1.09. The third-order valence-corrected chi connectivity index (χ3v) is 3.31. The van der Waals surface area contributed by atoms with Crippen molar-refractivity contribution in [3.8, 4) is 0 Å². The largest absolute Gasteiger partial charge is 0.464 e. The Bertz CT molecular complexity index is 556. The maximum atomic E-state index is 14.0. The first-order valence-corrected chi connectivity index (χ1v) is 6.52. The van der Waals surface area contributed by atoms with Gasteiger partial charge in [0.2, 0.25) is 0 Å². The van der Waals surface area contributed by atoms with Crippen molar-refractivity contribution in [2.75, 3.05) is 18.1 Å². The molecule has 0 radical (unpaired) electrons. The molecule has 0 aromatic heterocycles. The van der Waals surface area contributed by atoms with Gasteiger partial charge in [-0.15, -0.1) is 0 Å². The van der Waals surface area contributed by atoms with Crippen LogP contribution in [0.15, 0.2) is 12.1 Å². The number of esters is 1. The quantitative estimate of drug-likeness (QED) is 0.485. The zero-order valence-corrected chi connectivity index (χ0v) is 11.3. The third-order valence-electron chi connectivity index (χ3n) is 3.31. The number of benzene rings is 1. The fraction of sp³-hybridized carbons (Fsp3) is 0.462. The summed E-state index contributed by atoms with van der Waals surface area (Å²) in [5.74, 6) is -2.66. The van der Waals surface area contributed by atoms with E-state index >= 15 is 0 Å². The normalized spacial score (nSPS) is 17.9. The Hall–Kier alpha value is -2.25. The molecule has 0 saturated carbocycles. The number of ether oxygens (including phenoxy) is 1. The number of nitrogens with zero attached hydrogens (tertiary/aromatic N) is 2. The first kappa shape index (κ1) is 15.1. The molecule has 0 N–H and O–H groups in total. The number of carbonyl (C=O) groups is 1. The highest BCUT2D eigenvalue weighted by Crippen LogP contribution is 2.33. The van der Waals surface area contributed by atoms with Gasteiger partial charge in [-0.1, -0.05) is 0 Å². The topological polar surface area (TPSA) is 72.7 Å². The Balaban J connectivity index is 2.37. The lowest BCUT2D eigenvalue weighted by Gasteiger charge is -2.25. The van der Waals surface area contributed by atoms with Gasteiger partial charge in [0.1, 0.15) is 11.7 Å². The Kier molecular flexibility index (Phi) is 4.35. The molecule has 1 heterocycles. The van der Waals surface area contributed by atoms with Crippen molar-refractivity contribution < 1.29 is 23.2 Å². The average Bonchev–Trinajstić information content (AvgIpc) is 2.87. The predicted molar refractivity (Wildman–Crippen MR) is 70.0 cm³/mol. The predicted octanol–water partition coefficient (Wildman–Crippen LogP) is 2.40. The van der Waals surface area contributed by atoms with Crippen LogP contribution in [-0.2, 0) is 9.53 Å². The molecule has 0 spiro atoms. The number of hydrogen-bond acceptors (Lipinski definition) is 5. The van der Waals surface area contributed by atoms with Crippen molar-refractivity contribution in [3.05, 3.63) is 33.9 Å². The highest BCUT2D eigenvalue weighted by molar-refractivity contribution is 5.81. The molecule has 1 aromatic rings. The van der Waals surface area contributed by atoms with E-state index in [4.69, 9.17) is 4.74 Å². The highest BCUT2D eigenvalue weighted by atomic mass is 19.1. The number of hydrogen-bond donors (Lipinski definition) is 0. The van der Waals surface area contributed by atoms with Gasteiger partial charge in [-0.2, -0.15) is 0 Å². The third kappa shape index (κ3) is 2.93. The van der Waals surface area contributed by atoms with Crippen molar-refractivity contribution in [3.63, 3.8) is 0 Å². The van der Waals surface area contributed by atoms with Gasteiger partial charge in [-0.25, -0.2) is 13.6 Å². The molecule has 1 aromatic carbocycles. The summed E-state index contributed by atoms with van der Waals surface area (Å²) >= 11 is 0. The molecule has 1 saturated heterocycles. The minimum Gasteiger partial charge on any atom is -0.464 e. The molecule has 1 aliphatic heterocycles. The molecular weight excluding hydrogens is 286 g/mol. The van der Waals surface area contributed by atoms with Gasteiger partial charge in [0.25, 0.3) is 5.69 Å². The summed E-state index contributed by atoms with van der Waals surface area (Å²) in [6.07, 6.45) is 1.01. The fourth-order valence-electron chi connectivity index (χ4n) is 2.45. The van der Waals surface area contributed by atoms with Crippen LogP contribution in [-0.4, -0.2) is 30.1 Å². The van der Waals surface area contributed by atoms with Crippen LogP contribution in [0.3, 0.4) is 0 Å². The lowest BCUT2D eigenvalue weighted by Crippen LogP contribution is -2.38. The van der Waals surface area contributed by atoms with Crippen LogP contribution in [0.4, 0.5) is 20.2 Å². The van der Waals surface area contributed by atoms with Crippen LogP contribution >= 0.6 is 0 Å². The Morgan fingerprint density at radius 3 is 2.62 bits per heavy atom. The molecular formula is C13H14F2N2O4. The van der Waals surface area contributed by atoms with Gasteiger partial charge in [0.15, 0.2) is 11.6 Å². The molecule has 1 atom stereocenters. The SMILES string of the molecule is CCOC(=O)C1CCCN1c1c(F)cc([N+](=O)[O-])cc1F. The van der Waals surface area contributed by atoms with E-state index in [2.05, 4.69) is 0 Å². The first-order chi connectivity index (χ1) is 9.95. The summed E-state index contributed by atoms with van der Waals surface area (Å²) in [5, 5.41) is 10.6.